The van der Waals surface area contributed by atoms with Gasteiger partial charge in [-0.25, -0.2) is 0 Å². The summed E-state index contributed by atoms with van der Waals surface area (Å²) in [5.41, 5.74) is 0. The van der Waals surface area contributed by atoms with Crippen LogP contribution in [0.5, 0.6) is 0 Å². The van der Waals surface area contributed by atoms with Crippen molar-refractivity contribution < 1.29 is 0 Å². The molecular formula is C8H18N2. The summed E-state index contributed by atoms with van der Waals surface area (Å²) in [6, 6.07) is 0. The molecule has 0 atom stereocenters. The van der Waals surface area contributed by atoms with Crippen molar-refractivity contribution in [3.8, 4) is 0 Å². The minimum atomic E-state index is 1.00. The van der Waals surface area contributed by atoms with Crippen LogP contribution in [0.1, 0.15) is 27.2 Å². The SMILES string of the molecule is CC.CCCN1C=NCC1. The number of aliphatic imine (C=N–C) groups is 1. The minimum absolute atomic E-state index is 1.00. The molecule has 1 aliphatic rings. The van der Waals surface area contributed by atoms with Gasteiger partial charge < -0.3 is 4.90 Å². The summed E-state index contributed by atoms with van der Waals surface area (Å²) < 4.78 is 0. The molecule has 0 bridgehead atoms. The molecule has 1 aliphatic heterocycles. The third kappa shape index (κ3) is 3.49. The maximum atomic E-state index is 4.08. The van der Waals surface area contributed by atoms with Gasteiger partial charge in [0.05, 0.1) is 12.9 Å². The smallest absolute Gasteiger partial charge is 0.0851 e. The highest BCUT2D eigenvalue weighted by Crippen LogP contribution is 1.92. The van der Waals surface area contributed by atoms with Crippen molar-refractivity contribution in [1.29, 1.82) is 0 Å². The van der Waals surface area contributed by atoms with Crippen LogP contribution in [-0.2, 0) is 0 Å². The van der Waals surface area contributed by atoms with E-state index in [1.165, 1.54) is 13.0 Å². The van der Waals surface area contributed by atoms with Crippen LogP contribution in [0.3, 0.4) is 0 Å². The van der Waals surface area contributed by atoms with E-state index in [2.05, 4.69) is 16.8 Å². The van der Waals surface area contributed by atoms with Crippen molar-refractivity contribution in [2.45, 2.75) is 27.2 Å². The summed E-state index contributed by atoms with van der Waals surface area (Å²) >= 11 is 0. The minimum Gasteiger partial charge on any atom is -0.361 e. The van der Waals surface area contributed by atoms with Crippen molar-refractivity contribution in [2.75, 3.05) is 19.6 Å². The Bertz CT molecular complexity index is 89.3. The lowest BCUT2D eigenvalue weighted by Gasteiger charge is -2.10. The van der Waals surface area contributed by atoms with Crippen LogP contribution < -0.4 is 0 Å². The van der Waals surface area contributed by atoms with Crippen molar-refractivity contribution in [3.63, 3.8) is 0 Å². The molecule has 1 rings (SSSR count). The zero-order chi connectivity index (χ0) is 7.82. The van der Waals surface area contributed by atoms with Crippen molar-refractivity contribution in [3.05, 3.63) is 0 Å². The van der Waals surface area contributed by atoms with Crippen LogP contribution in [0.4, 0.5) is 0 Å². The molecule has 0 aromatic carbocycles. The second kappa shape index (κ2) is 6.59. The molecule has 0 amide bonds. The molecule has 2 nitrogen and oxygen atoms in total. The molecule has 0 aliphatic carbocycles. The molecule has 0 saturated heterocycles. The fourth-order valence-corrected chi connectivity index (χ4v) is 0.874. The number of rotatable bonds is 2. The molecule has 0 saturated carbocycles. The zero-order valence-electron chi connectivity index (χ0n) is 7.30. The van der Waals surface area contributed by atoms with E-state index in [0.29, 0.717) is 0 Å². The Kier molecular flexibility index (Phi) is 6.24. The number of hydrogen-bond acceptors (Lipinski definition) is 2. The first-order chi connectivity index (χ1) is 4.93. The summed E-state index contributed by atoms with van der Waals surface area (Å²) in [7, 11) is 0. The summed E-state index contributed by atoms with van der Waals surface area (Å²) in [6.07, 6.45) is 3.18. The van der Waals surface area contributed by atoms with Crippen molar-refractivity contribution in [2.24, 2.45) is 4.99 Å². The fraction of sp³-hybridized carbons (Fsp3) is 0.875. The summed E-state index contributed by atoms with van der Waals surface area (Å²) in [5.74, 6) is 0. The molecule has 0 N–H and O–H groups in total. The Labute approximate surface area is 63.9 Å². The van der Waals surface area contributed by atoms with Gasteiger partial charge in [-0.05, 0) is 6.42 Å². The van der Waals surface area contributed by atoms with E-state index in [9.17, 15) is 0 Å². The van der Waals surface area contributed by atoms with E-state index in [0.717, 1.165) is 13.1 Å². The van der Waals surface area contributed by atoms with Gasteiger partial charge in [0, 0.05) is 13.1 Å². The molecule has 0 radical (unpaired) electrons. The zero-order valence-corrected chi connectivity index (χ0v) is 7.30. The van der Waals surface area contributed by atoms with Crippen LogP contribution in [-0.4, -0.2) is 30.9 Å². The summed E-state index contributed by atoms with van der Waals surface area (Å²) in [5, 5.41) is 0. The Hall–Kier alpha value is -0.530. The predicted molar refractivity (Wildman–Crippen MR) is 46.6 cm³/mol. The summed E-state index contributed by atoms with van der Waals surface area (Å²) in [6.45, 7) is 9.49. The number of hydrogen-bond donors (Lipinski definition) is 0. The highest BCUT2D eigenvalue weighted by molar-refractivity contribution is 5.56. The third-order valence-electron chi connectivity index (χ3n) is 1.27. The molecule has 0 aromatic rings. The van der Waals surface area contributed by atoms with Crippen LogP contribution in [0, 0.1) is 0 Å². The van der Waals surface area contributed by atoms with Crippen molar-refractivity contribution in [1.82, 2.24) is 4.90 Å². The predicted octanol–water partition coefficient (Wildman–Crippen LogP) is 1.77. The molecule has 2 heteroatoms. The van der Waals surface area contributed by atoms with E-state index in [1.807, 2.05) is 20.2 Å². The lowest BCUT2D eigenvalue weighted by molar-refractivity contribution is 0.466. The van der Waals surface area contributed by atoms with E-state index in [1.54, 1.807) is 0 Å². The van der Waals surface area contributed by atoms with Gasteiger partial charge >= 0.3 is 0 Å². The van der Waals surface area contributed by atoms with Gasteiger partial charge in [-0.1, -0.05) is 20.8 Å². The Balaban J connectivity index is 0.000000371. The molecule has 60 valence electrons. The molecule has 1 heterocycles. The average Bonchev–Trinajstić information content (AvgIpc) is 2.46. The molecular weight excluding hydrogens is 124 g/mol. The molecule has 10 heavy (non-hydrogen) atoms. The Morgan fingerprint density at radius 1 is 1.50 bits per heavy atom. The van der Waals surface area contributed by atoms with Gasteiger partial charge in [-0.2, -0.15) is 0 Å². The largest absolute Gasteiger partial charge is 0.361 e. The van der Waals surface area contributed by atoms with Gasteiger partial charge in [0.15, 0.2) is 0 Å². The van der Waals surface area contributed by atoms with E-state index in [4.69, 9.17) is 0 Å². The highest BCUT2D eigenvalue weighted by atomic mass is 15.2. The average molecular weight is 142 g/mol. The molecule has 0 fully saturated rings. The molecule has 0 spiro atoms. The second-order valence-corrected chi connectivity index (χ2v) is 2.06. The summed E-state index contributed by atoms with van der Waals surface area (Å²) in [4.78, 5) is 6.33. The normalized spacial score (nSPS) is 14.9. The first-order valence-electron chi connectivity index (χ1n) is 4.17. The lowest BCUT2D eigenvalue weighted by Crippen LogP contribution is -2.19. The van der Waals surface area contributed by atoms with E-state index >= 15 is 0 Å². The highest BCUT2D eigenvalue weighted by Gasteiger charge is 2.00. The lowest BCUT2D eigenvalue weighted by atomic mass is 10.4. The van der Waals surface area contributed by atoms with E-state index < -0.39 is 0 Å². The quantitative estimate of drug-likeness (QED) is 0.573. The van der Waals surface area contributed by atoms with Crippen LogP contribution in [0.15, 0.2) is 4.99 Å². The third-order valence-corrected chi connectivity index (χ3v) is 1.27. The molecule has 0 aromatic heterocycles. The Morgan fingerprint density at radius 2 is 2.20 bits per heavy atom. The van der Waals surface area contributed by atoms with E-state index in [-0.39, 0.29) is 0 Å². The van der Waals surface area contributed by atoms with Gasteiger partial charge in [-0.15, -0.1) is 0 Å². The first-order valence-corrected chi connectivity index (χ1v) is 4.17. The van der Waals surface area contributed by atoms with Gasteiger partial charge in [-0.3, -0.25) is 4.99 Å². The number of nitrogens with zero attached hydrogens (tertiary/aromatic N) is 2. The fourth-order valence-electron chi connectivity index (χ4n) is 0.874. The second-order valence-electron chi connectivity index (χ2n) is 2.06. The Morgan fingerprint density at radius 3 is 2.60 bits per heavy atom. The van der Waals surface area contributed by atoms with Crippen LogP contribution in [0.2, 0.25) is 0 Å². The van der Waals surface area contributed by atoms with Crippen LogP contribution in [0.25, 0.3) is 0 Å². The first kappa shape index (κ1) is 9.47. The molecule has 0 unspecified atom stereocenters. The standard InChI is InChI=1S/C6H12N2.C2H6/c1-2-4-8-5-3-7-6-8;1-2/h6H,2-5H2,1H3;1-2H3. The van der Waals surface area contributed by atoms with Crippen molar-refractivity contribution >= 4 is 6.34 Å². The maximum absolute atomic E-state index is 4.08. The van der Waals surface area contributed by atoms with Crippen LogP contribution >= 0.6 is 0 Å². The monoisotopic (exact) mass is 142 g/mol. The van der Waals surface area contributed by atoms with Gasteiger partial charge in [0.1, 0.15) is 0 Å². The topological polar surface area (TPSA) is 15.6 Å². The van der Waals surface area contributed by atoms with Gasteiger partial charge in [0.25, 0.3) is 0 Å². The maximum Gasteiger partial charge on any atom is 0.0851 e. The van der Waals surface area contributed by atoms with Gasteiger partial charge in [0.2, 0.25) is 0 Å².